The highest BCUT2D eigenvalue weighted by Crippen LogP contribution is 2.25. The molecule has 3 nitrogen and oxygen atoms in total. The largest absolute Gasteiger partial charge is 0.240 e. The van der Waals surface area contributed by atoms with Crippen LogP contribution in [0.25, 0.3) is 0 Å². The molecule has 17 heavy (non-hydrogen) atoms. The molecule has 0 spiro atoms. The van der Waals surface area contributed by atoms with Crippen molar-refractivity contribution < 1.29 is 8.42 Å². The first kappa shape index (κ1) is 13.1. The molecule has 0 aromatic heterocycles. The van der Waals surface area contributed by atoms with Gasteiger partial charge in [-0.3, -0.25) is 0 Å². The van der Waals surface area contributed by atoms with Crippen molar-refractivity contribution in [3.8, 4) is 0 Å². The van der Waals surface area contributed by atoms with Gasteiger partial charge < -0.3 is 0 Å². The molecular formula is C12H16BrNO2S. The van der Waals surface area contributed by atoms with E-state index in [-0.39, 0.29) is 0 Å². The first-order valence-corrected chi connectivity index (χ1v) is 8.37. The van der Waals surface area contributed by atoms with E-state index in [1.807, 2.05) is 12.1 Å². The maximum Gasteiger partial charge on any atom is 0.240 e. The summed E-state index contributed by atoms with van der Waals surface area (Å²) in [5.41, 5.74) is 1.07. The van der Waals surface area contributed by atoms with Gasteiger partial charge in [0.15, 0.2) is 0 Å². The maximum absolute atomic E-state index is 12.0. The average Bonchev–Trinajstić information content (AvgIpc) is 2.27. The van der Waals surface area contributed by atoms with E-state index < -0.39 is 10.0 Å². The van der Waals surface area contributed by atoms with E-state index in [1.165, 1.54) is 6.42 Å². The minimum atomic E-state index is -3.32. The predicted molar refractivity (Wildman–Crippen MR) is 71.6 cm³/mol. The molecule has 1 N–H and O–H groups in total. The number of alkyl halides is 1. The highest BCUT2D eigenvalue weighted by molar-refractivity contribution is 9.08. The Morgan fingerprint density at radius 2 is 1.88 bits per heavy atom. The number of halogens is 1. The summed E-state index contributed by atoms with van der Waals surface area (Å²) in [6, 6.07) is 6.96. The zero-order valence-electron chi connectivity index (χ0n) is 9.52. The molecule has 1 saturated carbocycles. The van der Waals surface area contributed by atoms with Crippen LogP contribution in [-0.4, -0.2) is 15.0 Å². The van der Waals surface area contributed by atoms with E-state index in [1.54, 1.807) is 12.1 Å². The van der Waals surface area contributed by atoms with Gasteiger partial charge in [-0.1, -0.05) is 34.5 Å². The summed E-state index contributed by atoms with van der Waals surface area (Å²) in [5.74, 6) is 0.534. The lowest BCUT2D eigenvalue weighted by Gasteiger charge is -2.25. The normalized spacial score (nSPS) is 16.8. The molecule has 94 valence electrons. The van der Waals surface area contributed by atoms with Gasteiger partial charge in [0.1, 0.15) is 0 Å². The van der Waals surface area contributed by atoms with Crippen molar-refractivity contribution in [1.29, 1.82) is 0 Å². The van der Waals surface area contributed by atoms with Crippen LogP contribution >= 0.6 is 15.9 Å². The van der Waals surface area contributed by atoms with Crippen molar-refractivity contribution in [2.24, 2.45) is 5.92 Å². The molecular weight excluding hydrogens is 302 g/mol. The van der Waals surface area contributed by atoms with Gasteiger partial charge in [0, 0.05) is 11.9 Å². The minimum absolute atomic E-state index is 0.349. The Kier molecular flexibility index (Phi) is 4.22. The second kappa shape index (κ2) is 5.50. The number of rotatable bonds is 5. The summed E-state index contributed by atoms with van der Waals surface area (Å²) in [6.07, 6.45) is 3.52. The summed E-state index contributed by atoms with van der Waals surface area (Å²) < 4.78 is 26.6. The molecule has 0 saturated heterocycles. The molecule has 0 atom stereocenters. The first-order valence-electron chi connectivity index (χ1n) is 5.76. The third-order valence-electron chi connectivity index (χ3n) is 3.17. The number of nitrogens with one attached hydrogen (secondary N) is 1. The van der Waals surface area contributed by atoms with E-state index >= 15 is 0 Å². The topological polar surface area (TPSA) is 46.2 Å². The first-order chi connectivity index (χ1) is 8.12. The van der Waals surface area contributed by atoms with E-state index in [9.17, 15) is 8.42 Å². The van der Waals surface area contributed by atoms with Crippen molar-refractivity contribution in [2.75, 3.05) is 6.54 Å². The molecule has 2 rings (SSSR count). The van der Waals surface area contributed by atoms with Gasteiger partial charge in [0.25, 0.3) is 0 Å². The Bertz CT molecular complexity index is 466. The van der Waals surface area contributed by atoms with Gasteiger partial charge in [-0.15, -0.1) is 0 Å². The molecule has 1 aromatic rings. The Morgan fingerprint density at radius 3 is 2.35 bits per heavy atom. The van der Waals surface area contributed by atoms with Gasteiger partial charge in [0.05, 0.1) is 4.90 Å². The standard InChI is InChI=1S/C12H16BrNO2S/c13-8-10-4-6-12(7-5-10)17(15,16)14-9-11-2-1-3-11/h4-7,11,14H,1-3,8-9H2. The number of benzene rings is 1. The van der Waals surface area contributed by atoms with Crippen LogP contribution in [0.15, 0.2) is 29.2 Å². The van der Waals surface area contributed by atoms with Crippen molar-refractivity contribution in [2.45, 2.75) is 29.5 Å². The summed E-state index contributed by atoms with van der Waals surface area (Å²) in [5, 5.41) is 0.739. The van der Waals surface area contributed by atoms with Crippen molar-refractivity contribution in [3.05, 3.63) is 29.8 Å². The molecule has 1 aromatic carbocycles. The SMILES string of the molecule is O=S(=O)(NCC1CCC1)c1ccc(CBr)cc1. The lowest BCUT2D eigenvalue weighted by Crippen LogP contribution is -2.32. The monoisotopic (exact) mass is 317 g/mol. The lowest BCUT2D eigenvalue weighted by atomic mass is 9.86. The number of hydrogen-bond donors (Lipinski definition) is 1. The van der Waals surface area contributed by atoms with Gasteiger partial charge in [0.2, 0.25) is 10.0 Å². The van der Waals surface area contributed by atoms with E-state index in [0.717, 1.165) is 23.7 Å². The zero-order valence-corrected chi connectivity index (χ0v) is 11.9. The Labute approximate surface area is 111 Å². The average molecular weight is 318 g/mol. The van der Waals surface area contributed by atoms with Crippen LogP contribution in [0.4, 0.5) is 0 Å². The summed E-state index contributed by atoms with van der Waals surface area (Å²) in [4.78, 5) is 0.349. The van der Waals surface area contributed by atoms with E-state index in [0.29, 0.717) is 17.4 Å². The van der Waals surface area contributed by atoms with Gasteiger partial charge in [-0.25, -0.2) is 13.1 Å². The molecule has 0 amide bonds. The highest BCUT2D eigenvalue weighted by Gasteiger charge is 2.21. The van der Waals surface area contributed by atoms with Gasteiger partial charge in [-0.2, -0.15) is 0 Å². The molecule has 0 bridgehead atoms. The third-order valence-corrected chi connectivity index (χ3v) is 5.26. The number of hydrogen-bond acceptors (Lipinski definition) is 2. The van der Waals surface area contributed by atoms with Crippen molar-refractivity contribution in [1.82, 2.24) is 4.72 Å². The lowest BCUT2D eigenvalue weighted by molar-refractivity contribution is 0.316. The third kappa shape index (κ3) is 3.30. The van der Waals surface area contributed by atoms with Crippen molar-refractivity contribution in [3.63, 3.8) is 0 Å². The molecule has 0 unspecified atom stereocenters. The fraction of sp³-hybridized carbons (Fsp3) is 0.500. The van der Waals surface area contributed by atoms with Crippen LogP contribution in [0.2, 0.25) is 0 Å². The molecule has 0 heterocycles. The summed E-state index contributed by atoms with van der Waals surface area (Å²) >= 11 is 3.33. The second-order valence-corrected chi connectivity index (χ2v) is 6.75. The Balaban J connectivity index is 2.02. The predicted octanol–water partition coefficient (Wildman–Crippen LogP) is 2.66. The van der Waals surface area contributed by atoms with Crippen LogP contribution in [-0.2, 0) is 15.4 Å². The molecule has 1 aliphatic carbocycles. The molecule has 1 aliphatic rings. The maximum atomic E-state index is 12.0. The van der Waals surface area contributed by atoms with Crippen LogP contribution in [0.5, 0.6) is 0 Å². The smallest absolute Gasteiger partial charge is 0.211 e. The zero-order chi connectivity index (χ0) is 12.3. The fourth-order valence-corrected chi connectivity index (χ4v) is 3.26. The summed E-state index contributed by atoms with van der Waals surface area (Å²) in [6.45, 7) is 0.572. The summed E-state index contributed by atoms with van der Waals surface area (Å²) in [7, 11) is -3.32. The Hall–Kier alpha value is -0.390. The quantitative estimate of drug-likeness (QED) is 0.849. The minimum Gasteiger partial charge on any atom is -0.211 e. The molecule has 1 fully saturated rings. The van der Waals surface area contributed by atoms with E-state index in [4.69, 9.17) is 0 Å². The van der Waals surface area contributed by atoms with Gasteiger partial charge in [-0.05, 0) is 36.5 Å². The number of sulfonamides is 1. The molecule has 0 aliphatic heterocycles. The van der Waals surface area contributed by atoms with Crippen LogP contribution in [0.3, 0.4) is 0 Å². The van der Waals surface area contributed by atoms with Crippen LogP contribution in [0.1, 0.15) is 24.8 Å². The van der Waals surface area contributed by atoms with Crippen LogP contribution in [0, 0.1) is 5.92 Å². The fourth-order valence-electron chi connectivity index (χ4n) is 1.77. The molecule has 0 radical (unpaired) electrons. The molecule has 5 heteroatoms. The van der Waals surface area contributed by atoms with E-state index in [2.05, 4.69) is 20.7 Å². The van der Waals surface area contributed by atoms with Gasteiger partial charge >= 0.3 is 0 Å². The second-order valence-electron chi connectivity index (χ2n) is 4.43. The van der Waals surface area contributed by atoms with Crippen LogP contribution < -0.4 is 4.72 Å². The highest BCUT2D eigenvalue weighted by atomic mass is 79.9. The van der Waals surface area contributed by atoms with Crippen molar-refractivity contribution >= 4 is 26.0 Å². The Morgan fingerprint density at radius 1 is 1.24 bits per heavy atom.